The monoisotopic (exact) mass is 490 g/mol. The van der Waals surface area contributed by atoms with Crippen LogP contribution in [0, 0.1) is 6.92 Å². The summed E-state index contributed by atoms with van der Waals surface area (Å²) in [6, 6.07) is 13.7. The molecular weight excluding hydrogens is 460 g/mol. The molecule has 1 heterocycles. The molecule has 6 nitrogen and oxygen atoms in total. The van der Waals surface area contributed by atoms with E-state index in [2.05, 4.69) is 33.6 Å². The Morgan fingerprint density at radius 2 is 1.91 bits per heavy atom. The summed E-state index contributed by atoms with van der Waals surface area (Å²) in [5.41, 5.74) is 4.73. The van der Waals surface area contributed by atoms with Crippen LogP contribution >= 0.6 is 11.6 Å². The molecule has 1 aromatic heterocycles. The number of amides is 2. The Bertz CT molecular complexity index is 1230. The standard InChI is InChI=1S/C28H31ClN4O2/c1-4-6-22(12-15-26-31-18-27(33-26)32-20(3)34)23-11-8-19(2)25(17-23)28(35)30-16-5-7-21-9-13-24(29)14-10-21/h6,8-15,17-18H,4-5,7,16H2,1-3H3,(H,30,35)(H,31,33)(H,32,34)/b15-12-,22-6-. The number of aromatic nitrogens is 2. The number of imidazole rings is 1. The summed E-state index contributed by atoms with van der Waals surface area (Å²) in [7, 11) is 0. The molecule has 0 spiro atoms. The van der Waals surface area contributed by atoms with Gasteiger partial charge in [0.05, 0.1) is 6.20 Å². The van der Waals surface area contributed by atoms with Gasteiger partial charge in [-0.05, 0) is 72.7 Å². The van der Waals surface area contributed by atoms with Gasteiger partial charge in [0.2, 0.25) is 5.91 Å². The van der Waals surface area contributed by atoms with Crippen molar-refractivity contribution < 1.29 is 9.59 Å². The minimum absolute atomic E-state index is 0.0775. The van der Waals surface area contributed by atoms with Crippen LogP contribution in [0.1, 0.15) is 59.6 Å². The Morgan fingerprint density at radius 1 is 1.14 bits per heavy atom. The van der Waals surface area contributed by atoms with Crippen LogP contribution in [0.5, 0.6) is 0 Å². The van der Waals surface area contributed by atoms with E-state index in [0.29, 0.717) is 23.8 Å². The van der Waals surface area contributed by atoms with Gasteiger partial charge in [-0.3, -0.25) is 9.59 Å². The molecule has 0 aliphatic rings. The first-order valence-electron chi connectivity index (χ1n) is 11.7. The fourth-order valence-electron chi connectivity index (χ4n) is 3.63. The van der Waals surface area contributed by atoms with Gasteiger partial charge in [0.25, 0.3) is 5.91 Å². The third-order valence-electron chi connectivity index (χ3n) is 5.41. The number of aryl methyl sites for hydroxylation is 2. The van der Waals surface area contributed by atoms with Gasteiger partial charge in [-0.2, -0.15) is 0 Å². The number of nitrogens with zero attached hydrogens (tertiary/aromatic N) is 1. The lowest BCUT2D eigenvalue weighted by Crippen LogP contribution is -2.25. The number of aromatic amines is 1. The second-order valence-electron chi connectivity index (χ2n) is 8.28. The average molecular weight is 491 g/mol. The lowest BCUT2D eigenvalue weighted by molar-refractivity contribution is -0.114. The van der Waals surface area contributed by atoms with Gasteiger partial charge in [0, 0.05) is 24.1 Å². The number of nitrogens with one attached hydrogen (secondary N) is 3. The molecule has 7 heteroatoms. The first kappa shape index (κ1) is 26.0. The summed E-state index contributed by atoms with van der Waals surface area (Å²) in [6.07, 6.45) is 10.1. The minimum Gasteiger partial charge on any atom is -0.352 e. The lowest BCUT2D eigenvalue weighted by atomic mass is 9.98. The summed E-state index contributed by atoms with van der Waals surface area (Å²) in [5, 5.41) is 6.44. The zero-order chi connectivity index (χ0) is 25.2. The van der Waals surface area contributed by atoms with Crippen LogP contribution in [0.4, 0.5) is 5.82 Å². The van der Waals surface area contributed by atoms with Crippen LogP contribution in [0.3, 0.4) is 0 Å². The van der Waals surface area contributed by atoms with Gasteiger partial charge in [-0.25, -0.2) is 4.98 Å². The van der Waals surface area contributed by atoms with Crippen LogP contribution in [0.15, 0.2) is 60.8 Å². The van der Waals surface area contributed by atoms with Gasteiger partial charge in [0.1, 0.15) is 11.6 Å². The van der Waals surface area contributed by atoms with E-state index in [4.69, 9.17) is 11.6 Å². The molecule has 0 saturated heterocycles. The largest absolute Gasteiger partial charge is 0.352 e. The molecule has 182 valence electrons. The van der Waals surface area contributed by atoms with Crippen molar-refractivity contribution in [2.75, 3.05) is 11.9 Å². The molecular formula is C28H31ClN4O2. The van der Waals surface area contributed by atoms with E-state index in [9.17, 15) is 9.59 Å². The number of hydrogen-bond donors (Lipinski definition) is 3. The van der Waals surface area contributed by atoms with E-state index >= 15 is 0 Å². The van der Waals surface area contributed by atoms with E-state index in [0.717, 1.165) is 41.0 Å². The zero-order valence-electron chi connectivity index (χ0n) is 20.3. The van der Waals surface area contributed by atoms with Crippen molar-refractivity contribution in [1.29, 1.82) is 0 Å². The number of benzene rings is 2. The highest BCUT2D eigenvalue weighted by atomic mass is 35.5. The fourth-order valence-corrected chi connectivity index (χ4v) is 3.76. The summed E-state index contributed by atoms with van der Waals surface area (Å²) in [5.74, 6) is 0.933. The van der Waals surface area contributed by atoms with Gasteiger partial charge >= 0.3 is 0 Å². The molecule has 0 atom stereocenters. The maximum atomic E-state index is 12.9. The summed E-state index contributed by atoms with van der Waals surface area (Å²) < 4.78 is 0. The highest BCUT2D eigenvalue weighted by molar-refractivity contribution is 6.30. The Hall–Kier alpha value is -3.64. The van der Waals surface area contributed by atoms with E-state index < -0.39 is 0 Å². The van der Waals surface area contributed by atoms with Crippen molar-refractivity contribution >= 4 is 40.9 Å². The van der Waals surface area contributed by atoms with Crippen LogP contribution in [-0.2, 0) is 11.2 Å². The lowest BCUT2D eigenvalue weighted by Gasteiger charge is -2.11. The number of rotatable bonds is 10. The van der Waals surface area contributed by atoms with E-state index in [1.54, 1.807) is 6.20 Å². The third kappa shape index (κ3) is 7.97. The number of H-pyrrole nitrogens is 1. The SMILES string of the molecule is CC/C=C(/C=C\c1ncc(NC(C)=O)[nH]1)c1ccc(C)c(C(=O)NCCCc2ccc(Cl)cc2)c1. The van der Waals surface area contributed by atoms with Gasteiger partial charge < -0.3 is 15.6 Å². The first-order chi connectivity index (χ1) is 16.9. The number of carbonyl (C=O) groups excluding carboxylic acids is 2. The molecule has 0 bridgehead atoms. The molecule has 0 saturated carbocycles. The van der Waals surface area contributed by atoms with Crippen molar-refractivity contribution in [3.05, 3.63) is 93.9 Å². The number of allylic oxidation sites excluding steroid dienone is 3. The molecule has 3 aromatic rings. The fraction of sp³-hybridized carbons (Fsp3) is 0.250. The number of halogens is 1. The molecule has 3 rings (SSSR count). The smallest absolute Gasteiger partial charge is 0.251 e. The number of anilines is 1. The molecule has 3 N–H and O–H groups in total. The Kier molecular flexibility index (Phi) is 9.44. The Morgan fingerprint density at radius 3 is 2.63 bits per heavy atom. The van der Waals surface area contributed by atoms with Crippen molar-refractivity contribution in [2.45, 2.75) is 40.0 Å². The van der Waals surface area contributed by atoms with Crippen LogP contribution in [-0.4, -0.2) is 28.3 Å². The minimum atomic E-state index is -0.161. The quantitative estimate of drug-likeness (QED) is 0.233. The topological polar surface area (TPSA) is 86.9 Å². The number of carbonyl (C=O) groups is 2. The van der Waals surface area contributed by atoms with Gasteiger partial charge in [-0.1, -0.05) is 54.9 Å². The maximum Gasteiger partial charge on any atom is 0.251 e. The molecule has 2 amide bonds. The van der Waals surface area contributed by atoms with E-state index in [-0.39, 0.29) is 11.8 Å². The van der Waals surface area contributed by atoms with E-state index in [1.165, 1.54) is 12.5 Å². The molecule has 0 radical (unpaired) electrons. The first-order valence-corrected chi connectivity index (χ1v) is 12.1. The molecule has 2 aromatic carbocycles. The molecule has 0 unspecified atom stereocenters. The molecule has 0 aliphatic carbocycles. The van der Waals surface area contributed by atoms with Crippen LogP contribution < -0.4 is 10.6 Å². The second-order valence-corrected chi connectivity index (χ2v) is 8.72. The highest BCUT2D eigenvalue weighted by Crippen LogP contribution is 2.22. The van der Waals surface area contributed by atoms with Crippen molar-refractivity contribution in [1.82, 2.24) is 15.3 Å². The normalized spacial score (nSPS) is 11.6. The second kappa shape index (κ2) is 12.7. The van der Waals surface area contributed by atoms with Crippen molar-refractivity contribution in [2.24, 2.45) is 0 Å². The van der Waals surface area contributed by atoms with Crippen molar-refractivity contribution in [3.8, 4) is 0 Å². The summed E-state index contributed by atoms with van der Waals surface area (Å²) in [4.78, 5) is 31.4. The predicted octanol–water partition coefficient (Wildman–Crippen LogP) is 6.20. The maximum absolute atomic E-state index is 12.9. The molecule has 0 fully saturated rings. The summed E-state index contributed by atoms with van der Waals surface area (Å²) in [6.45, 7) is 6.05. The van der Waals surface area contributed by atoms with Crippen molar-refractivity contribution in [3.63, 3.8) is 0 Å². The zero-order valence-corrected chi connectivity index (χ0v) is 21.1. The average Bonchev–Trinajstić information content (AvgIpc) is 3.27. The van der Waals surface area contributed by atoms with Crippen LogP contribution in [0.25, 0.3) is 11.6 Å². The summed E-state index contributed by atoms with van der Waals surface area (Å²) >= 11 is 5.94. The Balaban J connectivity index is 1.66. The molecule has 35 heavy (non-hydrogen) atoms. The van der Waals surface area contributed by atoms with E-state index in [1.807, 2.05) is 61.5 Å². The predicted molar refractivity (Wildman–Crippen MR) is 143 cm³/mol. The highest BCUT2D eigenvalue weighted by Gasteiger charge is 2.11. The van der Waals surface area contributed by atoms with Crippen LogP contribution in [0.2, 0.25) is 5.02 Å². The van der Waals surface area contributed by atoms with Gasteiger partial charge in [-0.15, -0.1) is 0 Å². The molecule has 0 aliphatic heterocycles. The Labute approximate surface area is 211 Å². The number of hydrogen-bond acceptors (Lipinski definition) is 3. The van der Waals surface area contributed by atoms with Gasteiger partial charge in [0.15, 0.2) is 0 Å². The third-order valence-corrected chi connectivity index (χ3v) is 5.66.